The molecule has 0 bridgehead atoms. The van der Waals surface area contributed by atoms with E-state index in [1.807, 2.05) is 44.2 Å². The average Bonchev–Trinajstić information content (AvgIpc) is 2.32. The molecule has 1 aromatic carbocycles. The number of benzene rings is 1. The van der Waals surface area contributed by atoms with E-state index in [2.05, 4.69) is 50.7 Å². The van der Waals surface area contributed by atoms with Gasteiger partial charge >= 0.3 is 0 Å². The van der Waals surface area contributed by atoms with E-state index < -0.39 is 21.7 Å². The quantitative estimate of drug-likeness (QED) is 0.618. The third-order valence-electron chi connectivity index (χ3n) is 3.41. The summed E-state index contributed by atoms with van der Waals surface area (Å²) in [5.74, 6) is 3.41. The highest BCUT2D eigenvalue weighted by molar-refractivity contribution is 6.86. The third kappa shape index (κ3) is 5.96. The lowest BCUT2D eigenvalue weighted by molar-refractivity contribution is 0.111. The van der Waals surface area contributed by atoms with Crippen LogP contribution >= 0.6 is 0 Å². The highest BCUT2D eigenvalue weighted by Crippen LogP contribution is 2.27. The molecule has 0 aliphatic rings. The van der Waals surface area contributed by atoms with Gasteiger partial charge in [0, 0.05) is 0 Å². The molecule has 120 valence electrons. The van der Waals surface area contributed by atoms with Gasteiger partial charge in [0.05, 0.1) is 8.07 Å². The first-order valence-corrected chi connectivity index (χ1v) is 14.9. The molecule has 3 heteroatoms. The summed E-state index contributed by atoms with van der Waals surface area (Å²) in [7, 11) is -3.02. The number of rotatable bonds is 3. The Hall–Kier alpha value is -1.09. The molecule has 0 heterocycles. The van der Waals surface area contributed by atoms with Crippen molar-refractivity contribution in [3.05, 3.63) is 46.7 Å². The number of aliphatic hydroxyl groups is 1. The van der Waals surface area contributed by atoms with Gasteiger partial charge < -0.3 is 5.11 Å². The molecule has 1 rings (SSSR count). The number of aryl methyl sites for hydroxylation is 1. The lowest BCUT2D eigenvalue weighted by Gasteiger charge is -2.25. The lowest BCUT2D eigenvalue weighted by Crippen LogP contribution is -2.28. The maximum absolute atomic E-state index is 11.0. The fourth-order valence-corrected chi connectivity index (χ4v) is 3.81. The lowest BCUT2D eigenvalue weighted by atomic mass is 9.94. The van der Waals surface area contributed by atoms with Crippen LogP contribution in [0.2, 0.25) is 39.3 Å². The van der Waals surface area contributed by atoms with Crippen LogP contribution in [-0.4, -0.2) is 21.3 Å². The summed E-state index contributed by atoms with van der Waals surface area (Å²) >= 11 is 0. The molecule has 0 amide bonds. The molecule has 22 heavy (non-hydrogen) atoms. The van der Waals surface area contributed by atoms with Gasteiger partial charge in [-0.05, 0) is 30.7 Å². The normalized spacial score (nSPS) is 15.8. The van der Waals surface area contributed by atoms with Crippen LogP contribution < -0.4 is 0 Å². The minimum absolute atomic E-state index is 0.929. The van der Waals surface area contributed by atoms with Crippen LogP contribution in [0.1, 0.15) is 18.1 Å². The van der Waals surface area contributed by atoms with Gasteiger partial charge in [-0.15, -0.1) is 5.54 Å². The summed E-state index contributed by atoms with van der Waals surface area (Å²) < 4.78 is 0. The zero-order chi connectivity index (χ0) is 17.2. The van der Waals surface area contributed by atoms with Crippen molar-refractivity contribution in [2.45, 2.75) is 58.7 Å². The number of hydrogen-bond acceptors (Lipinski definition) is 1. The van der Waals surface area contributed by atoms with E-state index in [-0.39, 0.29) is 0 Å². The Morgan fingerprint density at radius 1 is 1.14 bits per heavy atom. The van der Waals surface area contributed by atoms with Gasteiger partial charge in [0.1, 0.15) is 13.7 Å². The van der Waals surface area contributed by atoms with E-state index in [0.29, 0.717) is 0 Å². The van der Waals surface area contributed by atoms with Gasteiger partial charge in [-0.2, -0.15) is 0 Å². The van der Waals surface area contributed by atoms with Gasteiger partial charge in [0.25, 0.3) is 0 Å². The molecule has 1 nitrogen and oxygen atoms in total. The Balaban J connectivity index is 3.34. The van der Waals surface area contributed by atoms with E-state index in [9.17, 15) is 5.11 Å². The van der Waals surface area contributed by atoms with Gasteiger partial charge in [-0.25, -0.2) is 0 Å². The van der Waals surface area contributed by atoms with Crippen molar-refractivity contribution in [3.63, 3.8) is 0 Å². The number of allylic oxidation sites excluding steroid dienone is 1. The van der Waals surface area contributed by atoms with Gasteiger partial charge in [-0.3, -0.25) is 0 Å². The van der Waals surface area contributed by atoms with E-state index in [1.54, 1.807) is 0 Å². The van der Waals surface area contributed by atoms with Crippen LogP contribution in [0, 0.1) is 18.4 Å². The predicted molar refractivity (Wildman–Crippen MR) is 103 cm³/mol. The van der Waals surface area contributed by atoms with Crippen molar-refractivity contribution < 1.29 is 5.11 Å². The zero-order valence-corrected chi connectivity index (χ0v) is 17.3. The molecule has 1 N–H and O–H groups in total. The fourth-order valence-electron chi connectivity index (χ4n) is 2.02. The van der Waals surface area contributed by atoms with E-state index in [0.717, 1.165) is 16.3 Å². The molecule has 0 saturated carbocycles. The van der Waals surface area contributed by atoms with Gasteiger partial charge in [-0.1, -0.05) is 75.0 Å². The molecule has 0 saturated heterocycles. The Bertz CT molecular complexity index is 617. The van der Waals surface area contributed by atoms with Crippen molar-refractivity contribution in [3.8, 4) is 11.5 Å². The summed E-state index contributed by atoms with van der Waals surface area (Å²) in [6.45, 7) is 17.5. The maximum atomic E-state index is 11.0. The molecule has 0 aromatic heterocycles. The molecule has 0 radical (unpaired) electrons. The van der Waals surface area contributed by atoms with Crippen LogP contribution in [0.15, 0.2) is 35.5 Å². The molecule has 0 aliphatic heterocycles. The topological polar surface area (TPSA) is 20.2 Å². The molecular weight excluding hydrogens is 300 g/mol. The first kappa shape index (κ1) is 19.0. The monoisotopic (exact) mass is 330 g/mol. The SMILES string of the molecule is Cc1cccc(C(C)(O)/C=C(\C#C[Si](C)(C)C)[Si](C)(C)C)c1. The highest BCUT2D eigenvalue weighted by Gasteiger charge is 2.26. The van der Waals surface area contributed by atoms with Crippen LogP contribution in [0.4, 0.5) is 0 Å². The fraction of sp³-hybridized carbons (Fsp3) is 0.474. The van der Waals surface area contributed by atoms with Crippen molar-refractivity contribution in [2.24, 2.45) is 0 Å². The summed E-state index contributed by atoms with van der Waals surface area (Å²) in [4.78, 5) is 0. The Morgan fingerprint density at radius 2 is 1.73 bits per heavy atom. The minimum Gasteiger partial charge on any atom is -0.381 e. The summed E-state index contributed by atoms with van der Waals surface area (Å²) in [5.41, 5.74) is 4.57. The average molecular weight is 331 g/mol. The first-order chi connectivity index (χ1) is 9.81. The second kappa shape index (κ2) is 6.58. The van der Waals surface area contributed by atoms with Gasteiger partial charge in [0.15, 0.2) is 0 Å². The Kier molecular flexibility index (Phi) is 5.67. The highest BCUT2D eigenvalue weighted by atomic mass is 28.3. The Morgan fingerprint density at radius 3 is 2.18 bits per heavy atom. The van der Waals surface area contributed by atoms with Crippen molar-refractivity contribution in [1.29, 1.82) is 0 Å². The standard InChI is InChI=1S/C19H30OSi2/c1-16-10-9-11-17(14-16)19(2,20)15-18(22(6,7)8)12-13-21(3,4)5/h9-11,14-15,20H,1-8H3/b18-15+. The van der Waals surface area contributed by atoms with Crippen molar-refractivity contribution >= 4 is 16.1 Å². The van der Waals surface area contributed by atoms with E-state index in [1.165, 1.54) is 0 Å². The second-order valence-electron chi connectivity index (χ2n) is 8.33. The Labute approximate surface area is 138 Å². The van der Waals surface area contributed by atoms with Crippen LogP contribution in [0.3, 0.4) is 0 Å². The first-order valence-electron chi connectivity index (χ1n) is 7.87. The molecule has 1 atom stereocenters. The van der Waals surface area contributed by atoms with Crippen molar-refractivity contribution in [1.82, 2.24) is 0 Å². The van der Waals surface area contributed by atoms with Gasteiger partial charge in [0.2, 0.25) is 0 Å². The molecule has 0 spiro atoms. The molecule has 0 aliphatic carbocycles. The minimum atomic E-state index is -1.59. The largest absolute Gasteiger partial charge is 0.381 e. The predicted octanol–water partition coefficient (Wildman–Crippen LogP) is 4.89. The van der Waals surface area contributed by atoms with E-state index >= 15 is 0 Å². The summed E-state index contributed by atoms with van der Waals surface area (Å²) in [5, 5.41) is 12.1. The molecule has 1 unspecified atom stereocenters. The van der Waals surface area contributed by atoms with Crippen LogP contribution in [0.5, 0.6) is 0 Å². The molecule has 1 aromatic rings. The van der Waals surface area contributed by atoms with Crippen LogP contribution in [0.25, 0.3) is 0 Å². The molecule has 0 fully saturated rings. The third-order valence-corrected chi connectivity index (χ3v) is 6.17. The second-order valence-corrected chi connectivity index (χ2v) is 18.1. The summed E-state index contributed by atoms with van der Waals surface area (Å²) in [6, 6.07) is 8.07. The summed E-state index contributed by atoms with van der Waals surface area (Å²) in [6.07, 6.45) is 1.99. The van der Waals surface area contributed by atoms with Crippen molar-refractivity contribution in [2.75, 3.05) is 0 Å². The van der Waals surface area contributed by atoms with Crippen LogP contribution in [-0.2, 0) is 5.60 Å². The van der Waals surface area contributed by atoms with E-state index in [4.69, 9.17) is 0 Å². The zero-order valence-electron chi connectivity index (χ0n) is 15.3. The number of hydrogen-bond donors (Lipinski definition) is 1. The smallest absolute Gasteiger partial charge is 0.129 e. The maximum Gasteiger partial charge on any atom is 0.129 e. The molecular formula is C19H30OSi2.